The SMILES string of the molecule is CC(C)(C)C(=O)/C=C(\O)C(C)(C)C.Cc1ccc2[c-]c3c(nc2c1C)Sc1cc2c4cc(C(C)(C)C)ccc4ccc2c2ccnc-3c12.[Ir]. The number of carbonyl (C=O) groups is 1. The van der Waals surface area contributed by atoms with Gasteiger partial charge in [-0.2, -0.15) is 0 Å². The third-order valence-corrected chi connectivity index (χ3v) is 10.3. The minimum absolute atomic E-state index is 0. The Labute approximate surface area is 308 Å². The van der Waals surface area contributed by atoms with E-state index in [2.05, 4.69) is 95.3 Å². The Bertz CT molecular complexity index is 2320. The first-order chi connectivity index (χ1) is 22.3. The van der Waals surface area contributed by atoms with E-state index in [0.717, 1.165) is 27.2 Å². The van der Waals surface area contributed by atoms with E-state index in [9.17, 15) is 9.90 Å². The van der Waals surface area contributed by atoms with Crippen molar-refractivity contribution in [2.24, 2.45) is 10.8 Å². The molecular weight excluding hydrogens is 801 g/mol. The summed E-state index contributed by atoms with van der Waals surface area (Å²) in [6.45, 7) is 22.2. The zero-order valence-electron chi connectivity index (χ0n) is 30.3. The van der Waals surface area contributed by atoms with Crippen LogP contribution >= 0.6 is 11.8 Å². The number of carbonyl (C=O) groups excluding carboxylic acids is 1. The van der Waals surface area contributed by atoms with E-state index in [1.165, 1.54) is 60.0 Å². The zero-order chi connectivity index (χ0) is 34.9. The molecule has 0 saturated carbocycles. The number of fused-ring (bicyclic) bond motifs is 7. The first-order valence-corrected chi connectivity index (χ1v) is 17.4. The molecule has 4 nitrogen and oxygen atoms in total. The predicted octanol–water partition coefficient (Wildman–Crippen LogP) is 12.0. The second-order valence-corrected chi connectivity index (χ2v) is 17.2. The minimum atomic E-state index is -0.417. The summed E-state index contributed by atoms with van der Waals surface area (Å²) in [5, 5.41) is 19.2. The number of aliphatic hydroxyl groups is 1. The third kappa shape index (κ3) is 6.93. The van der Waals surface area contributed by atoms with Crippen LogP contribution in [0, 0.1) is 30.7 Å². The van der Waals surface area contributed by atoms with Crippen LogP contribution < -0.4 is 0 Å². The van der Waals surface area contributed by atoms with E-state index in [-0.39, 0.29) is 42.5 Å². The molecule has 49 heavy (non-hydrogen) atoms. The summed E-state index contributed by atoms with van der Waals surface area (Å²) in [6, 6.07) is 23.9. The molecule has 0 unspecified atom stereocenters. The summed E-state index contributed by atoms with van der Waals surface area (Å²) >= 11 is 1.76. The van der Waals surface area contributed by atoms with Gasteiger partial charge < -0.3 is 10.1 Å². The van der Waals surface area contributed by atoms with E-state index in [1.54, 1.807) is 11.8 Å². The molecule has 1 radical (unpaired) electrons. The molecule has 3 heterocycles. The Morgan fingerprint density at radius 3 is 2.16 bits per heavy atom. The summed E-state index contributed by atoms with van der Waals surface area (Å²) in [5.41, 5.74) is 6.21. The molecule has 4 aromatic carbocycles. The Balaban J connectivity index is 0.000000288. The van der Waals surface area contributed by atoms with E-state index in [4.69, 9.17) is 9.97 Å². The molecule has 1 N–H and O–H groups in total. The summed E-state index contributed by atoms with van der Waals surface area (Å²) in [7, 11) is 0. The first kappa shape index (κ1) is 36.7. The third-order valence-electron chi connectivity index (χ3n) is 9.30. The number of aliphatic hydroxyl groups excluding tert-OH is 1. The van der Waals surface area contributed by atoms with Crippen molar-refractivity contribution in [1.82, 2.24) is 9.97 Å². The van der Waals surface area contributed by atoms with E-state index in [0.29, 0.717) is 0 Å². The standard InChI is InChI=1S/C32H25N2S.C11H20O2.Ir/c1-17-6-7-20-14-26-30-28-23(12-13-33-30)22-11-9-19-8-10-21(32(3,4)5)15-24(19)25(22)16-27(28)35-31(26)34-29(20)18(17)2;1-10(2,3)8(12)7-9(13)11(4,5)6;/h6-13,15-16H,1-5H3;7,12H,1-6H3;/q-1;;/b;8-7-;. The molecule has 0 atom stereocenters. The van der Waals surface area contributed by atoms with Gasteiger partial charge in [-0.15, -0.1) is 23.9 Å². The molecule has 6 aromatic rings. The van der Waals surface area contributed by atoms with E-state index >= 15 is 0 Å². The number of nitrogens with zero attached hydrogens (tertiary/aromatic N) is 2. The molecule has 6 heteroatoms. The van der Waals surface area contributed by atoms with Gasteiger partial charge in [0.25, 0.3) is 0 Å². The molecule has 0 bridgehead atoms. The molecule has 255 valence electrons. The Hall–Kier alpha value is -3.57. The van der Waals surface area contributed by atoms with Crippen molar-refractivity contribution < 1.29 is 30.0 Å². The van der Waals surface area contributed by atoms with E-state index in [1.807, 2.05) is 47.7 Å². The van der Waals surface area contributed by atoms with Crippen molar-refractivity contribution in [2.75, 3.05) is 0 Å². The quantitative estimate of drug-likeness (QED) is 0.0772. The molecule has 0 fully saturated rings. The Morgan fingerprint density at radius 1 is 0.816 bits per heavy atom. The molecule has 0 amide bonds. The van der Waals surface area contributed by atoms with Crippen molar-refractivity contribution in [1.29, 1.82) is 0 Å². The Morgan fingerprint density at radius 2 is 1.51 bits per heavy atom. The topological polar surface area (TPSA) is 63.1 Å². The molecule has 1 aliphatic heterocycles. The molecule has 7 rings (SSSR count). The molecule has 0 aliphatic carbocycles. The van der Waals surface area contributed by atoms with Gasteiger partial charge in [0.1, 0.15) is 5.76 Å². The van der Waals surface area contributed by atoms with Crippen molar-refractivity contribution >= 4 is 60.8 Å². The second kappa shape index (κ2) is 13.0. The van der Waals surface area contributed by atoms with Crippen LogP contribution in [0.2, 0.25) is 0 Å². The Kier molecular flexibility index (Phi) is 9.70. The number of aromatic nitrogens is 2. The fraction of sp³-hybridized carbons (Fsp3) is 0.326. The monoisotopic (exact) mass is 846 g/mol. The predicted molar refractivity (Wildman–Crippen MR) is 203 cm³/mol. The molecule has 1 aliphatic rings. The molecule has 2 aromatic heterocycles. The largest absolute Gasteiger partial charge is 0.512 e. The van der Waals surface area contributed by atoms with Gasteiger partial charge in [-0.25, -0.2) is 0 Å². The van der Waals surface area contributed by atoms with E-state index < -0.39 is 5.41 Å². The maximum absolute atomic E-state index is 11.5. The average molecular weight is 846 g/mol. The van der Waals surface area contributed by atoms with Gasteiger partial charge in [-0.3, -0.25) is 9.78 Å². The van der Waals surface area contributed by atoms with Crippen molar-refractivity contribution in [3.63, 3.8) is 0 Å². The van der Waals surface area contributed by atoms with Crippen molar-refractivity contribution in [3.05, 3.63) is 95.4 Å². The summed E-state index contributed by atoms with van der Waals surface area (Å²) in [6.07, 6.45) is 3.27. The van der Waals surface area contributed by atoms with Gasteiger partial charge in [0, 0.05) is 64.3 Å². The van der Waals surface area contributed by atoms with Crippen LogP contribution in [0.4, 0.5) is 0 Å². The summed E-state index contributed by atoms with van der Waals surface area (Å²) in [5.74, 6) is 0.104. The van der Waals surface area contributed by atoms with Gasteiger partial charge in [-0.1, -0.05) is 121 Å². The number of ketones is 1. The number of aryl methyl sites for hydroxylation is 2. The second-order valence-electron chi connectivity index (χ2n) is 16.1. The van der Waals surface area contributed by atoms with Crippen molar-refractivity contribution in [3.8, 4) is 11.3 Å². The number of allylic oxidation sites excluding steroid dienone is 2. The number of hydrogen-bond acceptors (Lipinski definition) is 5. The number of rotatable bonds is 1. The first-order valence-electron chi connectivity index (χ1n) is 16.6. The van der Waals surface area contributed by atoms with Crippen LogP contribution in [-0.2, 0) is 30.3 Å². The van der Waals surface area contributed by atoms with Crippen LogP contribution in [-0.4, -0.2) is 20.9 Å². The average Bonchev–Trinajstić information content (AvgIpc) is 3.01. The van der Waals surface area contributed by atoms with Crippen molar-refractivity contribution in [2.45, 2.75) is 91.5 Å². The van der Waals surface area contributed by atoms with Gasteiger partial charge in [0.2, 0.25) is 0 Å². The van der Waals surface area contributed by atoms with Crippen LogP contribution in [0.1, 0.15) is 79.0 Å². The fourth-order valence-electron chi connectivity index (χ4n) is 5.90. The van der Waals surface area contributed by atoms with Crippen LogP contribution in [0.3, 0.4) is 0 Å². The number of hydrogen-bond donors (Lipinski definition) is 1. The van der Waals surface area contributed by atoms with Gasteiger partial charge in [0.05, 0.1) is 0 Å². The van der Waals surface area contributed by atoms with Gasteiger partial charge in [0.15, 0.2) is 5.78 Å². The summed E-state index contributed by atoms with van der Waals surface area (Å²) in [4.78, 5) is 22.7. The van der Waals surface area contributed by atoms with Crippen LogP contribution in [0.25, 0.3) is 54.5 Å². The minimum Gasteiger partial charge on any atom is -0.512 e. The molecular formula is C43H45IrN2O2S-. The fourth-order valence-corrected chi connectivity index (χ4v) is 6.98. The number of benzene rings is 4. The van der Waals surface area contributed by atoms with Crippen LogP contribution in [0.15, 0.2) is 82.6 Å². The maximum Gasteiger partial charge on any atom is 0.164 e. The molecule has 0 saturated heterocycles. The zero-order valence-corrected chi connectivity index (χ0v) is 33.6. The molecule has 0 spiro atoms. The smallest absolute Gasteiger partial charge is 0.164 e. The van der Waals surface area contributed by atoms with Crippen LogP contribution in [0.5, 0.6) is 0 Å². The number of pyridine rings is 2. The summed E-state index contributed by atoms with van der Waals surface area (Å²) < 4.78 is 0. The van der Waals surface area contributed by atoms with Gasteiger partial charge in [-0.05, 0) is 69.3 Å². The van der Waals surface area contributed by atoms with Gasteiger partial charge >= 0.3 is 0 Å². The normalized spacial score (nSPS) is 13.2. The maximum atomic E-state index is 11.5.